The van der Waals surface area contributed by atoms with Crippen LogP contribution >= 0.6 is 0 Å². The van der Waals surface area contributed by atoms with Crippen LogP contribution in [0.3, 0.4) is 0 Å². The Labute approximate surface area is 183 Å². The van der Waals surface area contributed by atoms with Gasteiger partial charge < -0.3 is 9.16 Å². The quantitative estimate of drug-likeness (QED) is 0.176. The van der Waals surface area contributed by atoms with Crippen molar-refractivity contribution in [1.29, 1.82) is 0 Å². The Morgan fingerprint density at radius 3 is 1.97 bits per heavy atom. The molecule has 1 unspecified atom stereocenters. The van der Waals surface area contributed by atoms with Gasteiger partial charge in [0, 0.05) is 6.61 Å². The standard InChI is InChI=1S/C22H38O6SSi/c1-17(2)30(18(3)4,19(5)6)27-15-11-14-21(28-29(7,24)25)16-26-22(23)20-12-9-8-10-13-20/h8-10,12-13,17-19,21H,11,14-16H2,1-7H3. The number of rotatable bonds is 13. The van der Waals surface area contributed by atoms with Gasteiger partial charge in [-0.1, -0.05) is 59.7 Å². The van der Waals surface area contributed by atoms with Gasteiger partial charge in [0.2, 0.25) is 0 Å². The molecule has 0 aliphatic rings. The van der Waals surface area contributed by atoms with Gasteiger partial charge in [0.1, 0.15) is 12.7 Å². The maximum absolute atomic E-state index is 12.2. The summed E-state index contributed by atoms with van der Waals surface area (Å²) in [6, 6.07) is 8.59. The van der Waals surface area contributed by atoms with E-state index in [0.717, 1.165) is 6.26 Å². The molecule has 0 aromatic heterocycles. The Morgan fingerprint density at radius 2 is 1.50 bits per heavy atom. The zero-order chi connectivity index (χ0) is 22.9. The second-order valence-electron chi connectivity index (χ2n) is 8.70. The first-order valence-electron chi connectivity index (χ1n) is 10.6. The van der Waals surface area contributed by atoms with E-state index in [2.05, 4.69) is 41.5 Å². The third-order valence-corrected chi connectivity index (χ3v) is 12.2. The van der Waals surface area contributed by atoms with E-state index in [1.165, 1.54) is 0 Å². The van der Waals surface area contributed by atoms with Crippen LogP contribution in [0.25, 0.3) is 0 Å². The van der Waals surface area contributed by atoms with Crippen LogP contribution in [-0.2, 0) is 23.5 Å². The Balaban J connectivity index is 2.69. The molecule has 1 rings (SSSR count). The zero-order valence-corrected chi connectivity index (χ0v) is 21.2. The van der Waals surface area contributed by atoms with Crippen molar-refractivity contribution in [3.8, 4) is 0 Å². The molecule has 0 aliphatic heterocycles. The van der Waals surface area contributed by atoms with E-state index in [1.54, 1.807) is 30.3 Å². The molecule has 0 heterocycles. The first-order valence-corrected chi connectivity index (χ1v) is 14.6. The molecule has 1 aromatic carbocycles. The summed E-state index contributed by atoms with van der Waals surface area (Å²) in [6.45, 7) is 13.8. The zero-order valence-electron chi connectivity index (χ0n) is 19.4. The highest BCUT2D eigenvalue weighted by Gasteiger charge is 2.44. The highest BCUT2D eigenvalue weighted by molar-refractivity contribution is 7.86. The molecule has 1 aromatic rings. The molecular weight excluding hydrogens is 420 g/mol. The number of hydrogen-bond acceptors (Lipinski definition) is 6. The van der Waals surface area contributed by atoms with E-state index in [1.807, 2.05) is 0 Å². The summed E-state index contributed by atoms with van der Waals surface area (Å²) >= 11 is 0. The summed E-state index contributed by atoms with van der Waals surface area (Å²) in [5.41, 5.74) is 1.85. The molecule has 8 heteroatoms. The fraction of sp³-hybridized carbons (Fsp3) is 0.682. The number of esters is 1. The predicted octanol–water partition coefficient (Wildman–Crippen LogP) is 5.16. The normalized spacial score (nSPS) is 13.8. The smallest absolute Gasteiger partial charge is 0.338 e. The van der Waals surface area contributed by atoms with Crippen molar-refractivity contribution in [2.45, 2.75) is 77.1 Å². The van der Waals surface area contributed by atoms with Gasteiger partial charge in [0.15, 0.2) is 8.32 Å². The third-order valence-electron chi connectivity index (χ3n) is 5.45. The second-order valence-corrected chi connectivity index (χ2v) is 15.8. The van der Waals surface area contributed by atoms with Gasteiger partial charge in [0.25, 0.3) is 10.1 Å². The lowest BCUT2D eigenvalue weighted by Crippen LogP contribution is -2.48. The number of hydrogen-bond donors (Lipinski definition) is 0. The van der Waals surface area contributed by atoms with Gasteiger partial charge in [-0.3, -0.25) is 4.18 Å². The summed E-state index contributed by atoms with van der Waals surface area (Å²) < 4.78 is 40.2. The summed E-state index contributed by atoms with van der Waals surface area (Å²) in [5, 5.41) is 0. The van der Waals surface area contributed by atoms with Gasteiger partial charge in [-0.2, -0.15) is 8.42 Å². The summed E-state index contributed by atoms with van der Waals surface area (Å²) in [4.78, 5) is 12.2. The van der Waals surface area contributed by atoms with Crippen molar-refractivity contribution in [2.75, 3.05) is 19.5 Å². The van der Waals surface area contributed by atoms with Crippen molar-refractivity contribution < 1.29 is 26.6 Å². The minimum Gasteiger partial charge on any atom is -0.459 e. The van der Waals surface area contributed by atoms with Crippen molar-refractivity contribution >= 4 is 24.4 Å². The Bertz CT molecular complexity index is 724. The molecule has 0 saturated carbocycles. The van der Waals surface area contributed by atoms with E-state index >= 15 is 0 Å². The molecule has 0 fully saturated rings. The molecular formula is C22H38O6SSi. The van der Waals surface area contributed by atoms with E-state index in [9.17, 15) is 13.2 Å². The fourth-order valence-electron chi connectivity index (χ4n) is 4.29. The number of benzene rings is 1. The van der Waals surface area contributed by atoms with Crippen LogP contribution < -0.4 is 0 Å². The topological polar surface area (TPSA) is 78.9 Å². The van der Waals surface area contributed by atoms with Crippen LogP contribution in [0.4, 0.5) is 0 Å². The van der Waals surface area contributed by atoms with Crippen molar-refractivity contribution in [3.05, 3.63) is 35.9 Å². The molecule has 1 atom stereocenters. The van der Waals surface area contributed by atoms with E-state index in [0.29, 0.717) is 41.6 Å². The van der Waals surface area contributed by atoms with Gasteiger partial charge in [0.05, 0.1) is 11.8 Å². The highest BCUT2D eigenvalue weighted by Crippen LogP contribution is 2.42. The number of carbonyl (C=O) groups excluding carboxylic acids is 1. The van der Waals surface area contributed by atoms with Crippen LogP contribution in [0.1, 0.15) is 64.7 Å². The molecule has 0 spiro atoms. The minimum absolute atomic E-state index is 0.123. The van der Waals surface area contributed by atoms with Crippen LogP contribution in [0.15, 0.2) is 30.3 Å². The van der Waals surface area contributed by atoms with Gasteiger partial charge >= 0.3 is 5.97 Å². The lowest BCUT2D eigenvalue weighted by molar-refractivity contribution is 0.0298. The van der Waals surface area contributed by atoms with Gasteiger partial charge in [-0.25, -0.2) is 4.79 Å². The molecule has 30 heavy (non-hydrogen) atoms. The van der Waals surface area contributed by atoms with Crippen molar-refractivity contribution in [1.82, 2.24) is 0 Å². The Hall–Kier alpha value is -1.22. The number of ether oxygens (including phenoxy) is 1. The average Bonchev–Trinajstić information content (AvgIpc) is 2.64. The highest BCUT2D eigenvalue weighted by atomic mass is 32.2. The molecule has 0 saturated heterocycles. The molecule has 0 aliphatic carbocycles. The van der Waals surface area contributed by atoms with Gasteiger partial charge in [-0.05, 0) is 41.6 Å². The molecule has 0 N–H and O–H groups in total. The minimum atomic E-state index is -3.67. The molecule has 0 bridgehead atoms. The van der Waals surface area contributed by atoms with Crippen LogP contribution in [-0.4, -0.2) is 48.3 Å². The van der Waals surface area contributed by atoms with E-state index in [4.69, 9.17) is 13.3 Å². The van der Waals surface area contributed by atoms with Gasteiger partial charge in [-0.15, -0.1) is 0 Å². The Kier molecular flexibility index (Phi) is 10.7. The first kappa shape index (κ1) is 26.8. The fourth-order valence-corrected chi connectivity index (χ4v) is 10.4. The molecule has 0 radical (unpaired) electrons. The van der Waals surface area contributed by atoms with Crippen LogP contribution in [0.5, 0.6) is 0 Å². The number of carbonyl (C=O) groups is 1. The van der Waals surface area contributed by atoms with Crippen molar-refractivity contribution in [2.24, 2.45) is 0 Å². The van der Waals surface area contributed by atoms with Crippen molar-refractivity contribution in [3.63, 3.8) is 0 Å². The predicted molar refractivity (Wildman–Crippen MR) is 123 cm³/mol. The summed E-state index contributed by atoms with van der Waals surface area (Å²) in [6.07, 6.45) is 1.33. The maximum atomic E-state index is 12.2. The summed E-state index contributed by atoms with van der Waals surface area (Å²) in [7, 11) is -5.64. The second kappa shape index (κ2) is 12.0. The van der Waals surface area contributed by atoms with E-state index in [-0.39, 0.29) is 6.61 Å². The monoisotopic (exact) mass is 458 g/mol. The third kappa shape index (κ3) is 8.13. The summed E-state index contributed by atoms with van der Waals surface area (Å²) in [5.74, 6) is -0.500. The lowest BCUT2D eigenvalue weighted by atomic mass is 10.2. The molecule has 172 valence electrons. The molecule has 0 amide bonds. The average molecular weight is 459 g/mol. The SMILES string of the molecule is CC(C)[Si](OCCCC(COC(=O)c1ccccc1)OS(C)(=O)=O)(C(C)C)C(C)C. The first-order chi connectivity index (χ1) is 13.9. The lowest BCUT2D eigenvalue weighted by Gasteiger charge is -2.42. The maximum Gasteiger partial charge on any atom is 0.338 e. The van der Waals surface area contributed by atoms with Crippen LogP contribution in [0, 0.1) is 0 Å². The van der Waals surface area contributed by atoms with E-state index < -0.39 is 30.5 Å². The Morgan fingerprint density at radius 1 is 0.967 bits per heavy atom. The van der Waals surface area contributed by atoms with Crippen LogP contribution in [0.2, 0.25) is 16.6 Å². The largest absolute Gasteiger partial charge is 0.459 e. The molecule has 6 nitrogen and oxygen atoms in total.